The Balaban J connectivity index is 2.05. The van der Waals surface area contributed by atoms with Crippen LogP contribution in [0.3, 0.4) is 0 Å². The monoisotopic (exact) mass is 442 g/mol. The molecule has 0 amide bonds. The predicted molar refractivity (Wildman–Crippen MR) is 129 cm³/mol. The van der Waals surface area contributed by atoms with E-state index in [1.807, 2.05) is 30.3 Å². The van der Waals surface area contributed by atoms with Crippen LogP contribution in [0.4, 0.5) is 13.2 Å². The predicted octanol–water partition coefficient (Wildman–Crippen LogP) is 5.51. The summed E-state index contributed by atoms with van der Waals surface area (Å²) in [4.78, 5) is 0. The maximum absolute atomic E-state index is 13.8. The van der Waals surface area contributed by atoms with Crippen LogP contribution in [0.25, 0.3) is 11.0 Å². The van der Waals surface area contributed by atoms with E-state index in [4.69, 9.17) is 4.74 Å². The molecule has 0 radical (unpaired) electrons. The van der Waals surface area contributed by atoms with E-state index in [9.17, 15) is 13.2 Å². The van der Waals surface area contributed by atoms with Gasteiger partial charge in [-0.1, -0.05) is 83.1 Å². The molecule has 0 aliphatic heterocycles. The van der Waals surface area contributed by atoms with Gasteiger partial charge in [0.1, 0.15) is 17.5 Å². The third kappa shape index (κ3) is 5.26. The minimum absolute atomic E-state index is 0.301. The number of benzene rings is 4. The van der Waals surface area contributed by atoms with Crippen molar-refractivity contribution < 1.29 is 17.9 Å². The van der Waals surface area contributed by atoms with E-state index in [1.165, 1.54) is 36.4 Å². The first-order chi connectivity index (χ1) is 16.1. The molecule has 0 unspecified atom stereocenters. The largest absolute Gasteiger partial charge is 0.380 e. The minimum Gasteiger partial charge on any atom is -0.380 e. The van der Waals surface area contributed by atoms with Crippen LogP contribution in [0, 0.1) is 17.5 Å². The van der Waals surface area contributed by atoms with Crippen molar-refractivity contribution >= 4 is 28.7 Å². The van der Waals surface area contributed by atoms with Crippen molar-refractivity contribution in [2.24, 2.45) is 0 Å². The number of ether oxygens (including phenoxy) is 1. The van der Waals surface area contributed by atoms with Crippen molar-refractivity contribution in [2.45, 2.75) is 0 Å². The van der Waals surface area contributed by atoms with Gasteiger partial charge in [0.2, 0.25) is 6.71 Å². The van der Waals surface area contributed by atoms with Gasteiger partial charge in [-0.15, -0.1) is 0 Å². The SMILES string of the molecule is COC/C(=C(\B(c1ccc(F)cc1)c1ccc(F)cc1)c1ccc(F)cc1)c1ccccc1. The molecule has 0 saturated carbocycles. The minimum atomic E-state index is -0.373. The second-order valence-corrected chi connectivity index (χ2v) is 7.73. The average Bonchev–Trinajstić information content (AvgIpc) is 2.84. The topological polar surface area (TPSA) is 9.23 Å². The zero-order valence-electron chi connectivity index (χ0n) is 18.1. The summed E-state index contributed by atoms with van der Waals surface area (Å²) < 4.78 is 47.0. The summed E-state index contributed by atoms with van der Waals surface area (Å²) in [7, 11) is 1.62. The van der Waals surface area contributed by atoms with E-state index in [1.54, 1.807) is 43.5 Å². The molecular formula is C28H22BF3O. The highest BCUT2D eigenvalue weighted by atomic mass is 19.1. The Kier molecular flexibility index (Phi) is 7.11. The van der Waals surface area contributed by atoms with Crippen LogP contribution in [0.2, 0.25) is 0 Å². The van der Waals surface area contributed by atoms with E-state index in [0.717, 1.165) is 33.1 Å². The Morgan fingerprint density at radius 1 is 0.606 bits per heavy atom. The van der Waals surface area contributed by atoms with Crippen LogP contribution in [0.5, 0.6) is 0 Å². The summed E-state index contributed by atoms with van der Waals surface area (Å²) in [6, 6.07) is 28.6. The fraction of sp³-hybridized carbons (Fsp3) is 0.0714. The summed E-state index contributed by atoms with van der Waals surface area (Å²) in [6.07, 6.45) is 0. The van der Waals surface area contributed by atoms with Gasteiger partial charge in [0, 0.05) is 7.11 Å². The van der Waals surface area contributed by atoms with E-state index in [-0.39, 0.29) is 24.2 Å². The summed E-state index contributed by atoms with van der Waals surface area (Å²) in [5.41, 5.74) is 5.18. The lowest BCUT2D eigenvalue weighted by atomic mass is 9.34. The fourth-order valence-electron chi connectivity index (χ4n) is 4.08. The van der Waals surface area contributed by atoms with Crippen LogP contribution < -0.4 is 10.9 Å². The van der Waals surface area contributed by atoms with Crippen molar-refractivity contribution in [1.82, 2.24) is 0 Å². The van der Waals surface area contributed by atoms with E-state index >= 15 is 0 Å². The molecular weight excluding hydrogens is 420 g/mol. The molecule has 0 fully saturated rings. The molecule has 164 valence electrons. The molecule has 0 N–H and O–H groups in total. The van der Waals surface area contributed by atoms with E-state index in [2.05, 4.69) is 0 Å². The zero-order valence-corrected chi connectivity index (χ0v) is 18.1. The zero-order chi connectivity index (χ0) is 23.2. The number of hydrogen-bond donors (Lipinski definition) is 0. The maximum atomic E-state index is 13.8. The lowest BCUT2D eigenvalue weighted by Gasteiger charge is -2.24. The fourth-order valence-corrected chi connectivity index (χ4v) is 4.08. The van der Waals surface area contributed by atoms with Crippen LogP contribution in [-0.2, 0) is 4.74 Å². The van der Waals surface area contributed by atoms with Crippen LogP contribution in [-0.4, -0.2) is 20.4 Å². The summed E-state index contributed by atoms with van der Waals surface area (Å²) >= 11 is 0. The molecule has 0 bridgehead atoms. The van der Waals surface area contributed by atoms with Gasteiger partial charge >= 0.3 is 0 Å². The van der Waals surface area contributed by atoms with Crippen LogP contribution in [0.15, 0.2) is 103 Å². The standard InChI is InChI=1S/C28H22BF3O/c1-33-19-27(20-5-3-2-4-6-20)28(21-7-13-24(30)14-8-21)29(22-9-15-25(31)16-10-22)23-11-17-26(32)18-12-23/h2-18H,19H2,1H3/b28-27+. The Hall–Kier alpha value is -3.57. The van der Waals surface area contributed by atoms with Crippen molar-refractivity contribution in [3.8, 4) is 0 Å². The van der Waals surface area contributed by atoms with Crippen molar-refractivity contribution in [2.75, 3.05) is 13.7 Å². The normalized spacial score (nSPS) is 11.8. The molecule has 0 aliphatic carbocycles. The van der Waals surface area contributed by atoms with Gasteiger partial charge in [-0.3, -0.25) is 0 Å². The average molecular weight is 442 g/mol. The Morgan fingerprint density at radius 2 is 1.06 bits per heavy atom. The Bertz CT molecular complexity index is 1170. The molecule has 0 aliphatic rings. The molecule has 0 atom stereocenters. The van der Waals surface area contributed by atoms with Gasteiger partial charge < -0.3 is 4.74 Å². The molecule has 33 heavy (non-hydrogen) atoms. The van der Waals surface area contributed by atoms with E-state index < -0.39 is 0 Å². The molecule has 1 nitrogen and oxygen atoms in total. The third-order valence-corrected chi connectivity index (χ3v) is 5.59. The Labute approximate surface area is 192 Å². The third-order valence-electron chi connectivity index (χ3n) is 5.59. The highest BCUT2D eigenvalue weighted by molar-refractivity contribution is 7.00. The van der Waals surface area contributed by atoms with Crippen LogP contribution in [0.1, 0.15) is 11.1 Å². The van der Waals surface area contributed by atoms with Gasteiger partial charge in [0.05, 0.1) is 6.61 Å². The van der Waals surface area contributed by atoms with Crippen molar-refractivity contribution in [1.29, 1.82) is 0 Å². The van der Waals surface area contributed by atoms with Crippen LogP contribution >= 0.6 is 0 Å². The second-order valence-electron chi connectivity index (χ2n) is 7.73. The van der Waals surface area contributed by atoms with Crippen molar-refractivity contribution in [3.63, 3.8) is 0 Å². The number of halogens is 3. The van der Waals surface area contributed by atoms with Gasteiger partial charge in [-0.25, -0.2) is 13.2 Å². The molecule has 4 aromatic rings. The maximum Gasteiger partial charge on any atom is 0.242 e. The molecule has 5 heteroatoms. The highest BCUT2D eigenvalue weighted by Crippen LogP contribution is 2.29. The number of rotatable bonds is 7. The van der Waals surface area contributed by atoms with Gasteiger partial charge in [-0.2, -0.15) is 0 Å². The number of methoxy groups -OCH3 is 1. The molecule has 0 aromatic heterocycles. The highest BCUT2D eigenvalue weighted by Gasteiger charge is 2.28. The first-order valence-corrected chi connectivity index (χ1v) is 10.6. The van der Waals surface area contributed by atoms with Crippen molar-refractivity contribution in [3.05, 3.63) is 132 Å². The molecule has 0 spiro atoms. The lowest BCUT2D eigenvalue weighted by molar-refractivity contribution is 0.240. The summed E-state index contributed by atoms with van der Waals surface area (Å²) in [5, 5.41) is 0. The summed E-state index contributed by atoms with van der Waals surface area (Å²) in [6.45, 7) is -0.0719. The molecule has 4 rings (SSSR count). The van der Waals surface area contributed by atoms with Gasteiger partial charge in [-0.05, 0) is 53.1 Å². The second kappa shape index (κ2) is 10.4. The van der Waals surface area contributed by atoms with Gasteiger partial charge in [0.15, 0.2) is 0 Å². The smallest absolute Gasteiger partial charge is 0.242 e. The number of hydrogen-bond acceptors (Lipinski definition) is 1. The lowest BCUT2D eigenvalue weighted by Crippen LogP contribution is -2.44. The first kappa shape index (κ1) is 22.6. The molecule has 0 heterocycles. The van der Waals surface area contributed by atoms with Gasteiger partial charge in [0.25, 0.3) is 0 Å². The quantitative estimate of drug-likeness (QED) is 0.271. The molecule has 0 saturated heterocycles. The Morgan fingerprint density at radius 3 is 1.52 bits per heavy atom. The molecule has 4 aromatic carbocycles. The first-order valence-electron chi connectivity index (χ1n) is 10.6. The summed E-state index contributed by atoms with van der Waals surface area (Å²) in [5.74, 6) is -1.03. The van der Waals surface area contributed by atoms with E-state index in [0.29, 0.717) is 6.61 Å².